The fraction of sp³-hybridized carbons (Fsp3) is 0.824. The van der Waals surface area contributed by atoms with Gasteiger partial charge in [0.2, 0.25) is 0 Å². The summed E-state index contributed by atoms with van der Waals surface area (Å²) in [7, 11) is 0. The first-order chi connectivity index (χ1) is 11.2. The summed E-state index contributed by atoms with van der Waals surface area (Å²) < 4.78 is 5.43. The number of hydrogen-bond acceptors (Lipinski definition) is 4. The molecule has 0 unspecified atom stereocenters. The predicted octanol–water partition coefficient (Wildman–Crippen LogP) is 1.77. The van der Waals surface area contributed by atoms with Gasteiger partial charge < -0.3 is 9.64 Å². The van der Waals surface area contributed by atoms with E-state index in [1.807, 2.05) is 20.8 Å². The van der Waals surface area contributed by atoms with Gasteiger partial charge in [0.15, 0.2) is 0 Å². The van der Waals surface area contributed by atoms with Gasteiger partial charge in [-0.2, -0.15) is 0 Å². The molecule has 0 atom stereocenters. The lowest BCUT2D eigenvalue weighted by molar-refractivity contribution is -0.145. The van der Waals surface area contributed by atoms with Crippen LogP contribution in [0.25, 0.3) is 0 Å². The Balaban J connectivity index is 1.81. The maximum Gasteiger partial charge on any atom is 0.410 e. The van der Waals surface area contributed by atoms with Crippen molar-refractivity contribution in [2.45, 2.75) is 58.5 Å². The van der Waals surface area contributed by atoms with E-state index < -0.39 is 17.1 Å². The van der Waals surface area contributed by atoms with Crippen LogP contribution < -0.4 is 0 Å². The van der Waals surface area contributed by atoms with Gasteiger partial charge in [-0.1, -0.05) is 0 Å². The first-order valence-electron chi connectivity index (χ1n) is 8.86. The highest BCUT2D eigenvalue weighted by molar-refractivity contribution is 6.10. The molecule has 0 N–H and O–H groups in total. The van der Waals surface area contributed by atoms with Crippen molar-refractivity contribution < 1.29 is 19.1 Å². The van der Waals surface area contributed by atoms with Crippen LogP contribution in [0.3, 0.4) is 0 Å². The molecule has 0 aliphatic carbocycles. The molecule has 3 rings (SSSR count). The Labute approximate surface area is 142 Å². The molecule has 134 valence electrons. The number of ether oxygens (including phenoxy) is 1. The van der Waals surface area contributed by atoms with E-state index in [4.69, 9.17) is 4.74 Å². The van der Waals surface area contributed by atoms with Gasteiger partial charge in [0.05, 0.1) is 0 Å². The molecule has 3 amide bonds. The fourth-order valence-corrected chi connectivity index (χ4v) is 3.84. The van der Waals surface area contributed by atoms with Gasteiger partial charge >= 0.3 is 6.09 Å². The van der Waals surface area contributed by atoms with Gasteiger partial charge in [-0.3, -0.25) is 19.6 Å². The molecule has 0 aromatic carbocycles. The van der Waals surface area contributed by atoms with Crippen LogP contribution in [0.1, 0.15) is 52.9 Å². The maximum atomic E-state index is 13.0. The van der Waals surface area contributed by atoms with E-state index in [0.29, 0.717) is 32.5 Å². The zero-order valence-corrected chi connectivity index (χ0v) is 14.8. The van der Waals surface area contributed by atoms with Crippen LogP contribution in [0.2, 0.25) is 0 Å². The second kappa shape index (κ2) is 5.93. The number of amides is 3. The Kier molecular flexibility index (Phi) is 4.21. The third-order valence-electron chi connectivity index (χ3n) is 4.96. The van der Waals surface area contributed by atoms with Gasteiger partial charge in [0, 0.05) is 26.2 Å². The van der Waals surface area contributed by atoms with Crippen LogP contribution in [-0.2, 0) is 14.3 Å². The largest absolute Gasteiger partial charge is 0.444 e. The number of hydrogen-bond donors (Lipinski definition) is 0. The number of piperidine rings is 1. The molecule has 0 aromatic rings. The van der Waals surface area contributed by atoms with Crippen molar-refractivity contribution in [2.75, 3.05) is 26.2 Å². The smallest absolute Gasteiger partial charge is 0.410 e. The van der Waals surface area contributed by atoms with Crippen molar-refractivity contribution >= 4 is 17.9 Å². The molecule has 0 bridgehead atoms. The molecule has 3 saturated heterocycles. The first kappa shape index (κ1) is 17.0. The van der Waals surface area contributed by atoms with Crippen molar-refractivity contribution in [1.29, 1.82) is 0 Å². The van der Waals surface area contributed by atoms with E-state index in [1.165, 1.54) is 4.90 Å². The lowest BCUT2D eigenvalue weighted by atomic mass is 9.79. The summed E-state index contributed by atoms with van der Waals surface area (Å²) in [6.45, 7) is 7.28. The van der Waals surface area contributed by atoms with E-state index >= 15 is 0 Å². The van der Waals surface area contributed by atoms with Gasteiger partial charge in [0.25, 0.3) is 11.8 Å². The minimum Gasteiger partial charge on any atom is -0.444 e. The van der Waals surface area contributed by atoms with Crippen molar-refractivity contribution in [2.24, 2.45) is 5.41 Å². The topological polar surface area (TPSA) is 70.2 Å². The number of rotatable bonds is 0. The molecule has 3 aliphatic rings. The van der Waals surface area contributed by atoms with Crippen molar-refractivity contribution in [3.05, 3.63) is 0 Å². The summed E-state index contributed by atoms with van der Waals surface area (Å²) in [5, 5.41) is 3.24. The molecule has 0 aromatic heterocycles. The Morgan fingerprint density at radius 1 is 0.958 bits per heavy atom. The monoisotopic (exact) mass is 337 g/mol. The van der Waals surface area contributed by atoms with Crippen molar-refractivity contribution in [1.82, 2.24) is 14.9 Å². The minimum absolute atomic E-state index is 0.132. The first-order valence-corrected chi connectivity index (χ1v) is 8.86. The quantitative estimate of drug-likeness (QED) is 0.632. The molecule has 3 aliphatic heterocycles. The normalized spacial score (nSPS) is 24.2. The van der Waals surface area contributed by atoms with Crippen LogP contribution in [-0.4, -0.2) is 64.6 Å². The van der Waals surface area contributed by atoms with E-state index in [-0.39, 0.29) is 18.4 Å². The zero-order chi connectivity index (χ0) is 17.5. The van der Waals surface area contributed by atoms with Gasteiger partial charge in [-0.25, -0.2) is 4.79 Å². The number of likely N-dealkylation sites (tertiary alicyclic amines) is 1. The standard InChI is InChI=1S/C17H27N3O4/c1-16(2,3)24-15(23)18-9-7-8-17(12-18)13(21)19-10-5-4-6-11-20(19)14(17)22/h4-12H2,1-3H3. The lowest BCUT2D eigenvalue weighted by Crippen LogP contribution is -2.53. The average molecular weight is 337 g/mol. The minimum atomic E-state index is -1.10. The summed E-state index contributed by atoms with van der Waals surface area (Å²) >= 11 is 0. The van der Waals surface area contributed by atoms with Crippen LogP contribution in [0.5, 0.6) is 0 Å². The van der Waals surface area contributed by atoms with Gasteiger partial charge in [-0.15, -0.1) is 0 Å². The highest BCUT2D eigenvalue weighted by Crippen LogP contribution is 2.41. The van der Waals surface area contributed by atoms with Gasteiger partial charge in [-0.05, 0) is 52.9 Å². The SMILES string of the molecule is CC(C)(C)OC(=O)N1CCCC2(C1)C(=O)N1CCCCCN1C2=O. The predicted molar refractivity (Wildman–Crippen MR) is 86.8 cm³/mol. The number of fused-ring (bicyclic) bond motifs is 1. The second-order valence-electron chi connectivity index (χ2n) is 8.00. The molecule has 0 saturated carbocycles. The van der Waals surface area contributed by atoms with Crippen LogP contribution in [0.15, 0.2) is 0 Å². The third-order valence-corrected chi connectivity index (χ3v) is 4.96. The van der Waals surface area contributed by atoms with Crippen molar-refractivity contribution in [3.8, 4) is 0 Å². The highest BCUT2D eigenvalue weighted by atomic mass is 16.6. The highest BCUT2D eigenvalue weighted by Gasteiger charge is 2.60. The van der Waals surface area contributed by atoms with Crippen molar-refractivity contribution in [3.63, 3.8) is 0 Å². The Hall–Kier alpha value is -1.79. The Morgan fingerprint density at radius 3 is 2.08 bits per heavy atom. The summed E-state index contributed by atoms with van der Waals surface area (Å²) in [5.74, 6) is -0.273. The lowest BCUT2D eigenvalue weighted by Gasteiger charge is -2.37. The number of hydrazine groups is 1. The molecule has 24 heavy (non-hydrogen) atoms. The van der Waals surface area contributed by atoms with E-state index in [0.717, 1.165) is 19.3 Å². The fourth-order valence-electron chi connectivity index (χ4n) is 3.84. The Bertz CT molecular complexity index is 531. The van der Waals surface area contributed by atoms with E-state index in [2.05, 4.69) is 0 Å². The van der Waals surface area contributed by atoms with Crippen LogP contribution >= 0.6 is 0 Å². The third kappa shape index (κ3) is 2.84. The number of carbonyl (C=O) groups is 3. The summed E-state index contributed by atoms with van der Waals surface area (Å²) in [6, 6.07) is 0. The molecule has 1 spiro atoms. The molecule has 3 fully saturated rings. The second-order valence-corrected chi connectivity index (χ2v) is 8.00. The van der Waals surface area contributed by atoms with Crippen LogP contribution in [0, 0.1) is 5.41 Å². The van der Waals surface area contributed by atoms with Gasteiger partial charge in [0.1, 0.15) is 11.0 Å². The van der Waals surface area contributed by atoms with E-state index in [1.54, 1.807) is 10.0 Å². The van der Waals surface area contributed by atoms with Crippen LogP contribution in [0.4, 0.5) is 4.79 Å². The molecule has 7 heteroatoms. The maximum absolute atomic E-state index is 13.0. The summed E-state index contributed by atoms with van der Waals surface area (Å²) in [4.78, 5) is 40.0. The molecular formula is C17H27N3O4. The zero-order valence-electron chi connectivity index (χ0n) is 14.8. The number of nitrogens with zero attached hydrogens (tertiary/aromatic N) is 3. The molecule has 7 nitrogen and oxygen atoms in total. The summed E-state index contributed by atoms with van der Waals surface area (Å²) in [6.07, 6.45) is 3.57. The van der Waals surface area contributed by atoms with E-state index in [9.17, 15) is 14.4 Å². The molecule has 3 heterocycles. The molecular weight excluding hydrogens is 310 g/mol. The molecule has 0 radical (unpaired) electrons. The summed E-state index contributed by atoms with van der Waals surface area (Å²) in [5.41, 5.74) is -1.70. The Morgan fingerprint density at radius 2 is 1.54 bits per heavy atom. The number of carbonyl (C=O) groups excluding carboxylic acids is 3. The average Bonchev–Trinajstić information content (AvgIpc) is 2.70.